The Kier molecular flexibility index (Phi) is 4.25. The fourth-order valence-corrected chi connectivity index (χ4v) is 2.69. The standard InChI is InChI=1S/C14H12F2N2O3S/c1-8-2-3-9(4-13(8)22(17,20)21)14(19)18-12-6-10(15)5-11(16)7-12/h2-7H,1H3,(H,18,19)(H2,17,20,21). The Morgan fingerprint density at radius 1 is 1.09 bits per heavy atom. The van der Waals surface area contributed by atoms with E-state index in [1.807, 2.05) is 0 Å². The van der Waals surface area contributed by atoms with Gasteiger partial charge in [0.05, 0.1) is 4.90 Å². The fraction of sp³-hybridized carbons (Fsp3) is 0.0714. The van der Waals surface area contributed by atoms with Gasteiger partial charge >= 0.3 is 0 Å². The normalized spacial score (nSPS) is 11.3. The molecule has 2 aromatic rings. The molecule has 0 aliphatic rings. The van der Waals surface area contributed by atoms with Crippen LogP contribution in [0.5, 0.6) is 0 Å². The molecule has 5 nitrogen and oxygen atoms in total. The number of nitrogens with two attached hydrogens (primary N) is 1. The summed E-state index contributed by atoms with van der Waals surface area (Å²) >= 11 is 0. The van der Waals surface area contributed by atoms with E-state index in [2.05, 4.69) is 5.32 Å². The summed E-state index contributed by atoms with van der Waals surface area (Å²) in [6, 6.07) is 6.46. The van der Waals surface area contributed by atoms with Gasteiger partial charge in [-0.3, -0.25) is 4.79 Å². The number of carbonyl (C=O) groups is 1. The van der Waals surface area contributed by atoms with Crippen molar-refractivity contribution in [1.82, 2.24) is 0 Å². The van der Waals surface area contributed by atoms with E-state index in [-0.39, 0.29) is 16.1 Å². The molecule has 22 heavy (non-hydrogen) atoms. The first-order chi connectivity index (χ1) is 10.2. The number of carbonyl (C=O) groups excluding carboxylic acids is 1. The second kappa shape index (κ2) is 5.82. The molecule has 0 saturated heterocycles. The van der Waals surface area contributed by atoms with Crippen molar-refractivity contribution in [1.29, 1.82) is 0 Å². The summed E-state index contributed by atoms with van der Waals surface area (Å²) in [5.41, 5.74) is 0.301. The molecule has 0 atom stereocenters. The van der Waals surface area contributed by atoms with Crippen LogP contribution in [-0.2, 0) is 10.0 Å². The summed E-state index contributed by atoms with van der Waals surface area (Å²) < 4.78 is 49.0. The molecule has 2 aromatic carbocycles. The lowest BCUT2D eigenvalue weighted by Gasteiger charge is -2.08. The van der Waals surface area contributed by atoms with E-state index in [1.54, 1.807) is 0 Å². The number of primary sulfonamides is 1. The van der Waals surface area contributed by atoms with Crippen molar-refractivity contribution in [3.8, 4) is 0 Å². The van der Waals surface area contributed by atoms with Crippen molar-refractivity contribution < 1.29 is 22.0 Å². The van der Waals surface area contributed by atoms with E-state index in [9.17, 15) is 22.0 Å². The molecule has 0 fully saturated rings. The molecule has 0 aromatic heterocycles. The first-order valence-corrected chi connectivity index (χ1v) is 7.62. The molecule has 0 bridgehead atoms. The summed E-state index contributed by atoms with van der Waals surface area (Å²) in [4.78, 5) is 11.8. The van der Waals surface area contributed by atoms with E-state index in [1.165, 1.54) is 19.1 Å². The molecule has 0 radical (unpaired) electrons. The van der Waals surface area contributed by atoms with Crippen LogP contribution < -0.4 is 10.5 Å². The van der Waals surface area contributed by atoms with Gasteiger partial charge in [-0.25, -0.2) is 22.3 Å². The smallest absolute Gasteiger partial charge is 0.255 e. The minimum Gasteiger partial charge on any atom is -0.322 e. The summed E-state index contributed by atoms with van der Waals surface area (Å²) in [7, 11) is -3.98. The zero-order valence-electron chi connectivity index (χ0n) is 11.4. The van der Waals surface area contributed by atoms with Gasteiger partial charge in [0.2, 0.25) is 10.0 Å². The zero-order chi connectivity index (χ0) is 16.5. The Hall–Kier alpha value is -2.32. The van der Waals surface area contributed by atoms with Crippen LogP contribution in [0.1, 0.15) is 15.9 Å². The van der Waals surface area contributed by atoms with Crippen molar-refractivity contribution in [3.63, 3.8) is 0 Å². The molecule has 2 rings (SSSR count). The van der Waals surface area contributed by atoms with Crippen LogP contribution in [0, 0.1) is 18.6 Å². The largest absolute Gasteiger partial charge is 0.322 e. The number of aryl methyl sites for hydroxylation is 1. The third-order valence-electron chi connectivity index (χ3n) is 2.88. The summed E-state index contributed by atoms with van der Waals surface area (Å²) in [5, 5.41) is 7.34. The van der Waals surface area contributed by atoms with Crippen LogP contribution in [0.25, 0.3) is 0 Å². The second-order valence-corrected chi connectivity index (χ2v) is 6.17. The minimum atomic E-state index is -3.98. The van der Waals surface area contributed by atoms with Gasteiger partial charge in [-0.05, 0) is 36.8 Å². The van der Waals surface area contributed by atoms with Crippen molar-refractivity contribution in [2.45, 2.75) is 11.8 Å². The van der Waals surface area contributed by atoms with E-state index < -0.39 is 27.6 Å². The number of sulfonamides is 1. The number of amides is 1. The number of rotatable bonds is 3. The zero-order valence-corrected chi connectivity index (χ0v) is 12.2. The molecule has 0 aliphatic heterocycles. The molecular weight excluding hydrogens is 314 g/mol. The quantitative estimate of drug-likeness (QED) is 0.906. The molecule has 0 aliphatic carbocycles. The molecule has 3 N–H and O–H groups in total. The number of hydrogen-bond donors (Lipinski definition) is 2. The number of benzene rings is 2. The summed E-state index contributed by atoms with van der Waals surface area (Å²) in [6.07, 6.45) is 0. The number of anilines is 1. The van der Waals surface area contributed by atoms with Crippen molar-refractivity contribution in [2.24, 2.45) is 5.14 Å². The SMILES string of the molecule is Cc1ccc(C(=O)Nc2cc(F)cc(F)c2)cc1S(N)(=O)=O. The highest BCUT2D eigenvalue weighted by atomic mass is 32.2. The number of hydrogen-bond acceptors (Lipinski definition) is 3. The lowest BCUT2D eigenvalue weighted by atomic mass is 10.1. The van der Waals surface area contributed by atoms with Crippen LogP contribution in [-0.4, -0.2) is 14.3 Å². The maximum atomic E-state index is 13.1. The Morgan fingerprint density at radius 3 is 2.23 bits per heavy atom. The van der Waals surface area contributed by atoms with Gasteiger partial charge < -0.3 is 5.32 Å². The van der Waals surface area contributed by atoms with Gasteiger partial charge in [-0.2, -0.15) is 0 Å². The van der Waals surface area contributed by atoms with Gasteiger partial charge in [-0.1, -0.05) is 6.07 Å². The first kappa shape index (κ1) is 16.1. The highest BCUT2D eigenvalue weighted by Crippen LogP contribution is 2.18. The third-order valence-corrected chi connectivity index (χ3v) is 3.93. The van der Waals surface area contributed by atoms with Crippen molar-refractivity contribution in [3.05, 3.63) is 59.2 Å². The highest BCUT2D eigenvalue weighted by molar-refractivity contribution is 7.89. The van der Waals surface area contributed by atoms with E-state index in [4.69, 9.17) is 5.14 Å². The minimum absolute atomic E-state index is 0.000653. The average molecular weight is 326 g/mol. The molecule has 116 valence electrons. The van der Waals surface area contributed by atoms with Crippen LogP contribution in [0.15, 0.2) is 41.3 Å². The Morgan fingerprint density at radius 2 is 1.68 bits per heavy atom. The lowest BCUT2D eigenvalue weighted by Crippen LogP contribution is -2.17. The maximum absolute atomic E-state index is 13.1. The molecule has 0 heterocycles. The number of halogens is 2. The van der Waals surface area contributed by atoms with Gasteiger partial charge in [0.25, 0.3) is 5.91 Å². The predicted octanol–water partition coefficient (Wildman–Crippen LogP) is 2.17. The van der Waals surface area contributed by atoms with E-state index >= 15 is 0 Å². The number of nitrogens with one attached hydrogen (secondary N) is 1. The fourth-order valence-electron chi connectivity index (χ4n) is 1.88. The predicted molar refractivity (Wildman–Crippen MR) is 76.9 cm³/mol. The maximum Gasteiger partial charge on any atom is 0.255 e. The molecule has 8 heteroatoms. The highest BCUT2D eigenvalue weighted by Gasteiger charge is 2.15. The van der Waals surface area contributed by atoms with E-state index in [0.29, 0.717) is 11.6 Å². The van der Waals surface area contributed by atoms with Crippen LogP contribution >= 0.6 is 0 Å². The topological polar surface area (TPSA) is 89.3 Å². The van der Waals surface area contributed by atoms with Gasteiger partial charge in [-0.15, -0.1) is 0 Å². The molecule has 0 spiro atoms. The van der Waals surface area contributed by atoms with Gasteiger partial charge in [0, 0.05) is 17.3 Å². The first-order valence-electron chi connectivity index (χ1n) is 6.08. The van der Waals surface area contributed by atoms with E-state index in [0.717, 1.165) is 18.2 Å². The van der Waals surface area contributed by atoms with Crippen molar-refractivity contribution >= 4 is 21.6 Å². The molecular formula is C14H12F2N2O3S. The Bertz CT molecular complexity index is 831. The second-order valence-electron chi connectivity index (χ2n) is 4.64. The molecule has 0 unspecified atom stereocenters. The lowest BCUT2D eigenvalue weighted by molar-refractivity contribution is 0.102. The Labute approximate surface area is 125 Å². The summed E-state index contributed by atoms with van der Waals surface area (Å²) in [5.74, 6) is -2.40. The third kappa shape index (κ3) is 3.66. The van der Waals surface area contributed by atoms with Gasteiger partial charge in [0.1, 0.15) is 11.6 Å². The average Bonchev–Trinajstić information content (AvgIpc) is 2.36. The monoisotopic (exact) mass is 326 g/mol. The van der Waals surface area contributed by atoms with Crippen molar-refractivity contribution in [2.75, 3.05) is 5.32 Å². The molecule has 0 saturated carbocycles. The van der Waals surface area contributed by atoms with Crippen LogP contribution in [0.4, 0.5) is 14.5 Å². The summed E-state index contributed by atoms with van der Waals surface area (Å²) in [6.45, 7) is 1.53. The van der Waals surface area contributed by atoms with Gasteiger partial charge in [0.15, 0.2) is 0 Å². The van der Waals surface area contributed by atoms with Crippen LogP contribution in [0.3, 0.4) is 0 Å². The molecule has 1 amide bonds. The van der Waals surface area contributed by atoms with Crippen LogP contribution in [0.2, 0.25) is 0 Å². The Balaban J connectivity index is 2.34.